The van der Waals surface area contributed by atoms with Gasteiger partial charge in [-0.05, 0) is 31.0 Å². The molecule has 142 valence electrons. The number of aliphatic hydroxyl groups excluding tert-OH is 1. The average Bonchev–Trinajstić information content (AvgIpc) is 2.96. The third kappa shape index (κ3) is 4.43. The van der Waals surface area contributed by atoms with Gasteiger partial charge in [-0.15, -0.1) is 0 Å². The second-order valence-electron chi connectivity index (χ2n) is 7.09. The van der Waals surface area contributed by atoms with Crippen LogP contribution in [0.25, 0.3) is 0 Å². The van der Waals surface area contributed by atoms with Gasteiger partial charge in [0.1, 0.15) is 5.82 Å². The van der Waals surface area contributed by atoms with Crippen LogP contribution in [0.5, 0.6) is 0 Å². The molecule has 7 nitrogen and oxygen atoms in total. The molecular weight excluding hydrogens is 339 g/mol. The highest BCUT2D eigenvalue weighted by Crippen LogP contribution is 2.22. The van der Waals surface area contributed by atoms with Crippen LogP contribution in [0.15, 0.2) is 24.3 Å². The summed E-state index contributed by atoms with van der Waals surface area (Å²) < 4.78 is 13.3. The van der Waals surface area contributed by atoms with Gasteiger partial charge in [0.2, 0.25) is 5.91 Å². The first-order valence-corrected chi connectivity index (χ1v) is 8.94. The normalized spacial score (nSPS) is 23.9. The SMILES string of the molecule is NC(=O)C[C@@H]1CN(C(=O)NC2CCN(c3cccc(F)c3)CC2)C[C@H]1O. The van der Waals surface area contributed by atoms with Crippen molar-refractivity contribution in [1.82, 2.24) is 10.2 Å². The summed E-state index contributed by atoms with van der Waals surface area (Å²) in [5.41, 5.74) is 6.03. The Labute approximate surface area is 151 Å². The maximum Gasteiger partial charge on any atom is 0.317 e. The van der Waals surface area contributed by atoms with E-state index in [1.807, 2.05) is 6.07 Å². The van der Waals surface area contributed by atoms with E-state index in [-0.39, 0.29) is 36.8 Å². The number of anilines is 1. The summed E-state index contributed by atoms with van der Waals surface area (Å²) in [6.07, 6.45) is 0.895. The van der Waals surface area contributed by atoms with Crippen LogP contribution < -0.4 is 16.0 Å². The van der Waals surface area contributed by atoms with Gasteiger partial charge in [0.25, 0.3) is 0 Å². The lowest BCUT2D eigenvalue weighted by Gasteiger charge is -2.34. The number of nitrogens with one attached hydrogen (secondary N) is 1. The van der Waals surface area contributed by atoms with Gasteiger partial charge in [0, 0.05) is 50.2 Å². The number of hydrogen-bond donors (Lipinski definition) is 3. The van der Waals surface area contributed by atoms with E-state index in [4.69, 9.17) is 5.73 Å². The molecule has 0 radical (unpaired) electrons. The van der Waals surface area contributed by atoms with E-state index in [2.05, 4.69) is 10.2 Å². The lowest BCUT2D eigenvalue weighted by Crippen LogP contribution is -2.49. The van der Waals surface area contributed by atoms with Crippen LogP contribution in [0.2, 0.25) is 0 Å². The molecule has 8 heteroatoms. The number of primary amides is 1. The first kappa shape index (κ1) is 18.4. The number of β-amino-alcohol motifs (C(OH)–C–C–N with tert-alkyl or cyclic N) is 1. The van der Waals surface area contributed by atoms with Crippen LogP contribution in [-0.4, -0.2) is 60.3 Å². The molecule has 2 aliphatic rings. The Morgan fingerprint density at radius 2 is 2.00 bits per heavy atom. The average molecular weight is 364 g/mol. The number of nitrogens with zero attached hydrogens (tertiary/aromatic N) is 2. The summed E-state index contributed by atoms with van der Waals surface area (Å²) in [5, 5.41) is 13.0. The number of amides is 3. The summed E-state index contributed by atoms with van der Waals surface area (Å²) in [5.74, 6) is -1.02. The van der Waals surface area contributed by atoms with Crippen LogP contribution in [-0.2, 0) is 4.79 Å². The third-order valence-electron chi connectivity index (χ3n) is 5.15. The molecule has 2 heterocycles. The molecule has 0 spiro atoms. The quantitative estimate of drug-likeness (QED) is 0.731. The van der Waals surface area contributed by atoms with Gasteiger partial charge in [-0.1, -0.05) is 6.07 Å². The number of likely N-dealkylation sites (tertiary alicyclic amines) is 1. The minimum atomic E-state index is -0.719. The van der Waals surface area contributed by atoms with E-state index in [1.165, 1.54) is 17.0 Å². The zero-order valence-electron chi connectivity index (χ0n) is 14.6. The minimum Gasteiger partial charge on any atom is -0.391 e. The summed E-state index contributed by atoms with van der Waals surface area (Å²) in [6.45, 7) is 2.02. The number of nitrogens with two attached hydrogens (primary N) is 1. The maximum atomic E-state index is 13.3. The maximum absolute atomic E-state index is 13.3. The molecule has 0 bridgehead atoms. The molecule has 0 unspecified atom stereocenters. The van der Waals surface area contributed by atoms with Crippen molar-refractivity contribution < 1.29 is 19.1 Å². The van der Waals surface area contributed by atoms with Gasteiger partial charge >= 0.3 is 6.03 Å². The minimum absolute atomic E-state index is 0.0413. The van der Waals surface area contributed by atoms with E-state index in [0.717, 1.165) is 31.6 Å². The van der Waals surface area contributed by atoms with E-state index in [0.29, 0.717) is 6.54 Å². The second kappa shape index (κ2) is 7.90. The number of benzene rings is 1. The fourth-order valence-electron chi connectivity index (χ4n) is 3.70. The van der Waals surface area contributed by atoms with E-state index in [1.54, 1.807) is 6.07 Å². The smallest absolute Gasteiger partial charge is 0.317 e. The van der Waals surface area contributed by atoms with E-state index >= 15 is 0 Å². The predicted octanol–water partition coefficient (Wildman–Crippen LogP) is 0.672. The van der Waals surface area contributed by atoms with Crippen molar-refractivity contribution in [3.63, 3.8) is 0 Å². The van der Waals surface area contributed by atoms with Crippen molar-refractivity contribution in [2.24, 2.45) is 11.7 Å². The van der Waals surface area contributed by atoms with Crippen LogP contribution in [0.3, 0.4) is 0 Å². The standard InChI is InChI=1S/C18H25FN4O3/c19-13-2-1-3-15(9-13)22-6-4-14(5-7-22)21-18(26)23-10-12(8-17(20)25)16(24)11-23/h1-3,9,12,14,16,24H,4-8,10-11H2,(H2,20,25)(H,21,26)/t12-,16-/m1/s1. The Kier molecular flexibility index (Phi) is 5.61. The molecule has 0 aliphatic carbocycles. The van der Waals surface area contributed by atoms with Crippen molar-refractivity contribution in [3.05, 3.63) is 30.1 Å². The fraction of sp³-hybridized carbons (Fsp3) is 0.556. The first-order valence-electron chi connectivity index (χ1n) is 8.94. The highest BCUT2D eigenvalue weighted by molar-refractivity contribution is 5.76. The van der Waals surface area contributed by atoms with Crippen molar-refractivity contribution in [2.45, 2.75) is 31.4 Å². The molecule has 2 atom stereocenters. The molecule has 3 rings (SSSR count). The van der Waals surface area contributed by atoms with Crippen molar-refractivity contribution in [3.8, 4) is 0 Å². The number of piperidine rings is 1. The van der Waals surface area contributed by atoms with Gasteiger partial charge in [-0.2, -0.15) is 0 Å². The van der Waals surface area contributed by atoms with Gasteiger partial charge < -0.3 is 26.0 Å². The zero-order valence-corrected chi connectivity index (χ0v) is 14.6. The number of halogens is 1. The number of aliphatic hydroxyl groups is 1. The number of rotatable bonds is 4. The summed E-state index contributed by atoms with van der Waals surface area (Å²) in [7, 11) is 0. The number of urea groups is 1. The van der Waals surface area contributed by atoms with E-state index < -0.39 is 12.0 Å². The van der Waals surface area contributed by atoms with Crippen LogP contribution in [0.1, 0.15) is 19.3 Å². The van der Waals surface area contributed by atoms with Gasteiger partial charge in [0.15, 0.2) is 0 Å². The Morgan fingerprint density at radius 1 is 1.27 bits per heavy atom. The molecule has 0 aromatic heterocycles. The molecule has 2 aliphatic heterocycles. The van der Waals surface area contributed by atoms with Crippen molar-refractivity contribution in [2.75, 3.05) is 31.1 Å². The van der Waals surface area contributed by atoms with Crippen LogP contribution in [0.4, 0.5) is 14.9 Å². The highest BCUT2D eigenvalue weighted by atomic mass is 19.1. The van der Waals surface area contributed by atoms with Gasteiger partial charge in [0.05, 0.1) is 6.10 Å². The molecule has 3 amide bonds. The predicted molar refractivity (Wildman–Crippen MR) is 95.0 cm³/mol. The molecule has 4 N–H and O–H groups in total. The monoisotopic (exact) mass is 364 g/mol. The number of carbonyl (C=O) groups is 2. The molecule has 26 heavy (non-hydrogen) atoms. The summed E-state index contributed by atoms with van der Waals surface area (Å²) in [4.78, 5) is 27.1. The molecule has 1 aromatic rings. The lowest BCUT2D eigenvalue weighted by molar-refractivity contribution is -0.119. The van der Waals surface area contributed by atoms with Gasteiger partial charge in [-0.25, -0.2) is 9.18 Å². The number of hydrogen-bond acceptors (Lipinski definition) is 4. The van der Waals surface area contributed by atoms with Crippen LogP contribution >= 0.6 is 0 Å². The molecule has 2 fully saturated rings. The Morgan fingerprint density at radius 3 is 2.65 bits per heavy atom. The van der Waals surface area contributed by atoms with Crippen LogP contribution in [0, 0.1) is 11.7 Å². The largest absolute Gasteiger partial charge is 0.391 e. The Hall–Kier alpha value is -2.35. The van der Waals surface area contributed by atoms with Gasteiger partial charge in [-0.3, -0.25) is 4.79 Å². The van der Waals surface area contributed by atoms with E-state index in [9.17, 15) is 19.1 Å². The molecule has 2 saturated heterocycles. The molecule has 0 saturated carbocycles. The molecular formula is C18H25FN4O3. The van der Waals surface area contributed by atoms with Crippen molar-refractivity contribution in [1.29, 1.82) is 0 Å². The highest BCUT2D eigenvalue weighted by Gasteiger charge is 2.35. The summed E-state index contributed by atoms with van der Waals surface area (Å²) in [6, 6.07) is 6.34. The first-order chi connectivity index (χ1) is 12.4. The number of carbonyl (C=O) groups excluding carboxylic acids is 2. The zero-order chi connectivity index (χ0) is 18.7. The Balaban J connectivity index is 1.47. The summed E-state index contributed by atoms with van der Waals surface area (Å²) >= 11 is 0. The Bertz CT molecular complexity index is 664. The molecule has 1 aromatic carbocycles. The fourth-order valence-corrected chi connectivity index (χ4v) is 3.70. The topological polar surface area (TPSA) is 98.9 Å². The van der Waals surface area contributed by atoms with Crippen molar-refractivity contribution >= 4 is 17.6 Å². The second-order valence-corrected chi connectivity index (χ2v) is 7.09. The lowest BCUT2D eigenvalue weighted by atomic mass is 10.0. The third-order valence-corrected chi connectivity index (χ3v) is 5.15.